The molecular formula is C18H22N2O3S. The summed E-state index contributed by atoms with van der Waals surface area (Å²) in [6.07, 6.45) is 0. The third-order valence-corrected chi connectivity index (χ3v) is 5.61. The van der Waals surface area contributed by atoms with Crippen molar-refractivity contribution in [3.8, 4) is 0 Å². The van der Waals surface area contributed by atoms with E-state index in [1.54, 1.807) is 12.1 Å². The van der Waals surface area contributed by atoms with Crippen LogP contribution in [0.1, 0.15) is 22.8 Å². The van der Waals surface area contributed by atoms with Gasteiger partial charge in [-0.05, 0) is 36.8 Å². The van der Waals surface area contributed by atoms with E-state index in [0.717, 1.165) is 11.3 Å². The van der Waals surface area contributed by atoms with Gasteiger partial charge in [0.15, 0.2) is 5.78 Å². The highest BCUT2D eigenvalue weighted by Gasteiger charge is 2.21. The fraction of sp³-hybridized carbons (Fsp3) is 0.278. The number of ketones is 1. The first-order valence-corrected chi connectivity index (χ1v) is 8.99. The van der Waals surface area contributed by atoms with Crippen molar-refractivity contribution in [2.75, 3.05) is 26.0 Å². The second-order valence-corrected chi connectivity index (χ2v) is 7.95. The molecule has 0 aromatic heterocycles. The smallest absolute Gasteiger partial charge is 0.243 e. The number of carbonyl (C=O) groups is 1. The average Bonchev–Trinajstić information content (AvgIpc) is 2.55. The van der Waals surface area contributed by atoms with Crippen molar-refractivity contribution in [1.29, 1.82) is 0 Å². The fourth-order valence-electron chi connectivity index (χ4n) is 2.30. The summed E-state index contributed by atoms with van der Waals surface area (Å²) in [4.78, 5) is 13.6. The Kier molecular flexibility index (Phi) is 5.41. The van der Waals surface area contributed by atoms with Gasteiger partial charge >= 0.3 is 0 Å². The molecule has 0 heterocycles. The van der Waals surface area contributed by atoms with Gasteiger partial charge in [0, 0.05) is 38.9 Å². The van der Waals surface area contributed by atoms with Crippen LogP contribution in [0, 0.1) is 0 Å². The topological polar surface area (TPSA) is 57.7 Å². The van der Waals surface area contributed by atoms with Crippen molar-refractivity contribution in [3.63, 3.8) is 0 Å². The van der Waals surface area contributed by atoms with E-state index in [1.807, 2.05) is 43.3 Å². The molecule has 0 spiro atoms. The van der Waals surface area contributed by atoms with Gasteiger partial charge in [-0.3, -0.25) is 4.79 Å². The maximum Gasteiger partial charge on any atom is 0.243 e. The van der Waals surface area contributed by atoms with Gasteiger partial charge in [-0.15, -0.1) is 0 Å². The van der Waals surface area contributed by atoms with E-state index in [1.165, 1.54) is 30.4 Å². The molecule has 0 aliphatic carbocycles. The molecule has 0 amide bonds. The zero-order valence-electron chi connectivity index (χ0n) is 14.4. The minimum absolute atomic E-state index is 0.127. The highest BCUT2D eigenvalue weighted by Crippen LogP contribution is 2.19. The summed E-state index contributed by atoms with van der Waals surface area (Å²) in [7, 11) is 1.79. The maximum absolute atomic E-state index is 12.7. The second-order valence-electron chi connectivity index (χ2n) is 5.91. The van der Waals surface area contributed by atoms with E-state index in [2.05, 4.69) is 0 Å². The van der Waals surface area contributed by atoms with Crippen LogP contribution in [0.25, 0.3) is 0 Å². The molecule has 0 saturated carbocycles. The molecule has 0 aliphatic heterocycles. The lowest BCUT2D eigenvalue weighted by atomic mass is 10.2. The Hall–Kier alpha value is -2.18. The lowest BCUT2D eigenvalue weighted by Crippen LogP contribution is -2.26. The molecule has 128 valence electrons. The zero-order chi connectivity index (χ0) is 17.9. The fourth-order valence-corrected chi connectivity index (χ4v) is 3.50. The molecule has 0 fully saturated rings. The average molecular weight is 346 g/mol. The van der Waals surface area contributed by atoms with Crippen molar-refractivity contribution < 1.29 is 13.2 Å². The first kappa shape index (κ1) is 18.2. The maximum atomic E-state index is 12.7. The molecule has 0 bridgehead atoms. The lowest BCUT2D eigenvalue weighted by molar-refractivity contribution is 0.101. The number of carbonyl (C=O) groups excluding carboxylic acids is 1. The zero-order valence-corrected chi connectivity index (χ0v) is 15.2. The number of nitrogens with zero attached hydrogens (tertiary/aromatic N) is 2. The molecule has 0 radical (unpaired) electrons. The van der Waals surface area contributed by atoms with Gasteiger partial charge < -0.3 is 4.90 Å². The van der Waals surface area contributed by atoms with Crippen LogP contribution < -0.4 is 4.90 Å². The SMILES string of the molecule is CC(=O)c1cccc(S(=O)(=O)N(C)Cc2ccc(N(C)C)cc2)c1. The summed E-state index contributed by atoms with van der Waals surface area (Å²) in [5.74, 6) is -0.158. The van der Waals surface area contributed by atoms with Gasteiger partial charge in [-0.1, -0.05) is 24.3 Å². The van der Waals surface area contributed by atoms with Crippen LogP contribution in [0.5, 0.6) is 0 Å². The number of rotatable bonds is 6. The van der Waals surface area contributed by atoms with Crippen LogP contribution in [0.15, 0.2) is 53.4 Å². The first-order chi connectivity index (χ1) is 11.2. The van der Waals surface area contributed by atoms with Gasteiger partial charge in [0.05, 0.1) is 4.90 Å². The Bertz CT molecular complexity index is 828. The molecular weight excluding hydrogens is 324 g/mol. The van der Waals surface area contributed by atoms with Gasteiger partial charge in [-0.25, -0.2) is 8.42 Å². The quantitative estimate of drug-likeness (QED) is 0.755. The lowest BCUT2D eigenvalue weighted by Gasteiger charge is -2.18. The Morgan fingerprint density at radius 2 is 1.62 bits per heavy atom. The number of hydrogen-bond acceptors (Lipinski definition) is 4. The van der Waals surface area contributed by atoms with E-state index in [-0.39, 0.29) is 17.2 Å². The Morgan fingerprint density at radius 1 is 1.00 bits per heavy atom. The highest BCUT2D eigenvalue weighted by molar-refractivity contribution is 7.89. The summed E-state index contributed by atoms with van der Waals surface area (Å²) in [6, 6.07) is 13.8. The van der Waals surface area contributed by atoms with Crippen molar-refractivity contribution in [3.05, 3.63) is 59.7 Å². The molecule has 5 nitrogen and oxygen atoms in total. The van der Waals surface area contributed by atoms with E-state index in [9.17, 15) is 13.2 Å². The number of benzene rings is 2. The number of hydrogen-bond donors (Lipinski definition) is 0. The minimum atomic E-state index is -3.65. The molecule has 2 aromatic carbocycles. The molecule has 6 heteroatoms. The van der Waals surface area contributed by atoms with Gasteiger partial charge in [0.1, 0.15) is 0 Å². The summed E-state index contributed by atoms with van der Waals surface area (Å²) < 4.78 is 26.7. The third kappa shape index (κ3) is 4.01. The van der Waals surface area contributed by atoms with E-state index < -0.39 is 10.0 Å². The Morgan fingerprint density at radius 3 is 2.17 bits per heavy atom. The van der Waals surface area contributed by atoms with Crippen molar-refractivity contribution >= 4 is 21.5 Å². The summed E-state index contributed by atoms with van der Waals surface area (Å²) in [5, 5.41) is 0. The van der Waals surface area contributed by atoms with Crippen LogP contribution >= 0.6 is 0 Å². The van der Waals surface area contributed by atoms with E-state index in [4.69, 9.17) is 0 Å². The molecule has 0 N–H and O–H groups in total. The third-order valence-electron chi connectivity index (χ3n) is 3.81. The largest absolute Gasteiger partial charge is 0.378 e. The molecule has 0 unspecified atom stereocenters. The van der Waals surface area contributed by atoms with Crippen LogP contribution in [0.4, 0.5) is 5.69 Å². The molecule has 0 aliphatic rings. The van der Waals surface area contributed by atoms with E-state index >= 15 is 0 Å². The molecule has 0 atom stereocenters. The van der Waals surface area contributed by atoms with Gasteiger partial charge in [-0.2, -0.15) is 4.31 Å². The molecule has 2 rings (SSSR count). The monoisotopic (exact) mass is 346 g/mol. The van der Waals surface area contributed by atoms with Crippen LogP contribution in [0.3, 0.4) is 0 Å². The van der Waals surface area contributed by atoms with Crippen LogP contribution in [0.2, 0.25) is 0 Å². The Labute approximate surface area is 143 Å². The standard InChI is InChI=1S/C18H22N2O3S/c1-14(21)16-6-5-7-18(12-16)24(22,23)20(4)13-15-8-10-17(11-9-15)19(2)3/h5-12H,13H2,1-4H3. The first-order valence-electron chi connectivity index (χ1n) is 7.55. The molecule has 24 heavy (non-hydrogen) atoms. The number of anilines is 1. The van der Waals surface area contributed by atoms with Gasteiger partial charge in [0.2, 0.25) is 10.0 Å². The number of Topliss-reactive ketones (excluding diaryl/α,β-unsaturated/α-hetero) is 1. The Balaban J connectivity index is 2.22. The molecule has 0 saturated heterocycles. The van der Waals surface area contributed by atoms with Crippen molar-refractivity contribution in [2.45, 2.75) is 18.4 Å². The summed E-state index contributed by atoms with van der Waals surface area (Å²) >= 11 is 0. The minimum Gasteiger partial charge on any atom is -0.378 e. The summed E-state index contributed by atoms with van der Waals surface area (Å²) in [6.45, 7) is 1.68. The van der Waals surface area contributed by atoms with Gasteiger partial charge in [0.25, 0.3) is 0 Å². The predicted molar refractivity (Wildman–Crippen MR) is 95.9 cm³/mol. The second kappa shape index (κ2) is 7.15. The highest BCUT2D eigenvalue weighted by atomic mass is 32.2. The predicted octanol–water partition coefficient (Wildman–Crippen LogP) is 2.78. The number of sulfonamides is 1. The van der Waals surface area contributed by atoms with Crippen LogP contribution in [-0.4, -0.2) is 39.6 Å². The van der Waals surface area contributed by atoms with Crippen molar-refractivity contribution in [2.24, 2.45) is 0 Å². The van der Waals surface area contributed by atoms with Crippen LogP contribution in [-0.2, 0) is 16.6 Å². The normalized spacial score (nSPS) is 11.5. The van der Waals surface area contributed by atoms with E-state index in [0.29, 0.717) is 5.56 Å². The summed E-state index contributed by atoms with van der Waals surface area (Å²) in [5.41, 5.74) is 2.34. The van der Waals surface area contributed by atoms with Crippen molar-refractivity contribution in [1.82, 2.24) is 4.31 Å². The molecule has 2 aromatic rings.